The van der Waals surface area contributed by atoms with E-state index in [1.807, 2.05) is 18.5 Å². The molecule has 31 heavy (non-hydrogen) atoms. The van der Waals surface area contributed by atoms with Gasteiger partial charge < -0.3 is 10.6 Å². The summed E-state index contributed by atoms with van der Waals surface area (Å²) in [6, 6.07) is 12.7. The molecule has 4 rings (SSSR count). The third kappa shape index (κ3) is 4.99. The fraction of sp³-hybridized carbons (Fsp3) is 0.385. The maximum absolute atomic E-state index is 12.9. The Morgan fingerprint density at radius 2 is 2.10 bits per heavy atom. The molecule has 1 aliphatic carbocycles. The predicted molar refractivity (Wildman–Crippen MR) is 132 cm³/mol. The smallest absolute Gasteiger partial charge is 0.280 e. The van der Waals surface area contributed by atoms with Crippen molar-refractivity contribution in [3.05, 3.63) is 58.9 Å². The molecule has 1 aliphatic rings. The minimum Gasteiger partial charge on any atom is -0.388 e. The van der Waals surface area contributed by atoms with Crippen LogP contribution in [-0.2, 0) is 0 Å². The van der Waals surface area contributed by atoms with E-state index >= 15 is 0 Å². The predicted octanol–water partition coefficient (Wildman–Crippen LogP) is 6.51. The summed E-state index contributed by atoms with van der Waals surface area (Å²) in [5.74, 6) is 1.20. The number of allylic oxidation sites excluding steroid dienone is 1. The van der Waals surface area contributed by atoms with Crippen molar-refractivity contribution >= 4 is 33.7 Å². The number of nitrogens with one attached hydrogen (secondary N) is 2. The van der Waals surface area contributed by atoms with Crippen molar-refractivity contribution in [1.82, 2.24) is 10.3 Å². The monoisotopic (exact) mass is 433 g/mol. The van der Waals surface area contributed by atoms with Gasteiger partial charge in [0.2, 0.25) is 0 Å². The second kappa shape index (κ2) is 9.65. The van der Waals surface area contributed by atoms with Gasteiger partial charge >= 0.3 is 0 Å². The van der Waals surface area contributed by atoms with E-state index in [1.54, 1.807) is 0 Å². The number of aromatic nitrogens is 1. The number of hydrogen-bond donors (Lipinski definition) is 2. The van der Waals surface area contributed by atoms with E-state index in [0.29, 0.717) is 16.8 Å². The van der Waals surface area contributed by atoms with Gasteiger partial charge in [-0.05, 0) is 55.0 Å². The molecule has 0 fully saturated rings. The van der Waals surface area contributed by atoms with Gasteiger partial charge in [-0.1, -0.05) is 50.3 Å². The fourth-order valence-corrected chi connectivity index (χ4v) is 5.27. The number of hydrogen-bond acceptors (Lipinski definition) is 4. The molecule has 0 spiro atoms. The lowest BCUT2D eigenvalue weighted by molar-refractivity contribution is 0.0930. The summed E-state index contributed by atoms with van der Waals surface area (Å²) < 4.78 is 0. The van der Waals surface area contributed by atoms with E-state index in [2.05, 4.69) is 71.9 Å². The quantitative estimate of drug-likeness (QED) is 0.451. The molecule has 162 valence electrons. The van der Waals surface area contributed by atoms with Crippen molar-refractivity contribution < 1.29 is 4.79 Å². The second-order valence-electron chi connectivity index (χ2n) is 8.61. The Kier molecular flexibility index (Phi) is 6.71. The minimum absolute atomic E-state index is 0.0637. The van der Waals surface area contributed by atoms with Crippen molar-refractivity contribution in [3.63, 3.8) is 0 Å². The molecule has 0 bridgehead atoms. The molecule has 4 nitrogen and oxygen atoms in total. The highest BCUT2D eigenvalue weighted by molar-refractivity contribution is 7.12. The van der Waals surface area contributed by atoms with Gasteiger partial charge in [0.1, 0.15) is 0 Å². The molecule has 2 N–H and O–H groups in total. The molecule has 2 aromatic carbocycles. The van der Waals surface area contributed by atoms with E-state index < -0.39 is 0 Å². The third-order valence-electron chi connectivity index (χ3n) is 6.23. The summed E-state index contributed by atoms with van der Waals surface area (Å²) in [4.78, 5) is 17.6. The van der Waals surface area contributed by atoms with Gasteiger partial charge in [0.15, 0.2) is 5.01 Å². The Labute approximate surface area is 188 Å². The first-order chi connectivity index (χ1) is 15.1. The van der Waals surface area contributed by atoms with Crippen molar-refractivity contribution in [1.29, 1.82) is 0 Å². The summed E-state index contributed by atoms with van der Waals surface area (Å²) in [6.07, 6.45) is 8.86. The Morgan fingerprint density at radius 3 is 2.90 bits per heavy atom. The lowest BCUT2D eigenvalue weighted by Crippen LogP contribution is -2.36. The van der Waals surface area contributed by atoms with Crippen LogP contribution < -0.4 is 10.6 Å². The molecule has 0 saturated carbocycles. The van der Waals surface area contributed by atoms with Gasteiger partial charge in [-0.25, -0.2) is 4.98 Å². The molecule has 1 amide bonds. The number of carbonyl (C=O) groups is 1. The van der Waals surface area contributed by atoms with Crippen molar-refractivity contribution in [2.45, 2.75) is 45.6 Å². The van der Waals surface area contributed by atoms with E-state index in [1.165, 1.54) is 29.6 Å². The van der Waals surface area contributed by atoms with Crippen LogP contribution in [0.1, 0.15) is 49.3 Å². The van der Waals surface area contributed by atoms with Crippen molar-refractivity contribution in [2.75, 3.05) is 12.4 Å². The average molecular weight is 434 g/mol. The minimum atomic E-state index is -0.0637. The number of benzene rings is 2. The van der Waals surface area contributed by atoms with Gasteiger partial charge in [0, 0.05) is 35.1 Å². The van der Waals surface area contributed by atoms with E-state index in [9.17, 15) is 4.79 Å². The highest BCUT2D eigenvalue weighted by Crippen LogP contribution is 2.30. The van der Waals surface area contributed by atoms with Crippen LogP contribution in [0.25, 0.3) is 22.0 Å². The molecule has 1 aromatic heterocycles. The molecular weight excluding hydrogens is 402 g/mol. The molecule has 3 atom stereocenters. The van der Waals surface area contributed by atoms with Crippen LogP contribution in [0.4, 0.5) is 5.69 Å². The standard InChI is InChI=1S/C26H31N3OS/c1-4-18-7-5-9-21(14-17(2)13-18)28-25(30)26-29-24(16-31-26)20-12-11-19-8-6-10-23(27-3)22(19)15-20/h5-8,10-12,15-18,21,27H,4,9,13-14H2,1-3H3,(H,28,30)/b7-5-. The zero-order chi connectivity index (χ0) is 21.8. The molecule has 0 aliphatic heterocycles. The SMILES string of the molecule is CCC1/C=C\CC(NC(=O)c2nc(-c3ccc4cccc(NC)c4c3)cs2)CC(C)C1. The van der Waals surface area contributed by atoms with Crippen molar-refractivity contribution in [3.8, 4) is 11.3 Å². The molecule has 3 unspecified atom stereocenters. The topological polar surface area (TPSA) is 54.0 Å². The first-order valence-electron chi connectivity index (χ1n) is 11.2. The third-order valence-corrected chi connectivity index (χ3v) is 7.07. The first kappa shape index (κ1) is 21.6. The Balaban J connectivity index is 1.49. The number of nitrogens with zero attached hydrogens (tertiary/aromatic N) is 1. The highest BCUT2D eigenvalue weighted by atomic mass is 32.1. The normalized spacial score (nSPS) is 22.5. The maximum atomic E-state index is 12.9. The van der Waals surface area contributed by atoms with Crippen LogP contribution in [0.3, 0.4) is 0 Å². The van der Waals surface area contributed by atoms with E-state index in [4.69, 9.17) is 0 Å². The fourth-order valence-electron chi connectivity index (χ4n) is 4.54. The van der Waals surface area contributed by atoms with Crippen LogP contribution >= 0.6 is 11.3 Å². The first-order valence-corrected chi connectivity index (χ1v) is 12.1. The molecular formula is C26H31N3OS. The zero-order valence-corrected chi connectivity index (χ0v) is 19.3. The van der Waals surface area contributed by atoms with Gasteiger partial charge in [-0.3, -0.25) is 4.79 Å². The van der Waals surface area contributed by atoms with Gasteiger partial charge in [0.05, 0.1) is 5.69 Å². The number of thiazole rings is 1. The Morgan fingerprint density at radius 1 is 1.23 bits per heavy atom. The average Bonchev–Trinajstić information content (AvgIpc) is 3.26. The van der Waals surface area contributed by atoms with Crippen LogP contribution in [0.5, 0.6) is 0 Å². The highest BCUT2D eigenvalue weighted by Gasteiger charge is 2.21. The number of anilines is 1. The lowest BCUT2D eigenvalue weighted by Gasteiger charge is -2.25. The van der Waals surface area contributed by atoms with Crippen molar-refractivity contribution in [2.24, 2.45) is 11.8 Å². The molecule has 0 radical (unpaired) electrons. The van der Waals surface area contributed by atoms with Gasteiger partial charge in [-0.15, -0.1) is 11.3 Å². The summed E-state index contributed by atoms with van der Waals surface area (Å²) >= 11 is 1.41. The van der Waals surface area contributed by atoms with E-state index in [0.717, 1.165) is 35.2 Å². The Bertz CT molecular complexity index is 1090. The second-order valence-corrected chi connectivity index (χ2v) is 9.47. The summed E-state index contributed by atoms with van der Waals surface area (Å²) in [5, 5.41) is 11.3. The Hall–Kier alpha value is -2.66. The maximum Gasteiger partial charge on any atom is 0.280 e. The molecule has 5 heteroatoms. The molecule has 3 aromatic rings. The van der Waals surface area contributed by atoms with Crippen LogP contribution in [0.2, 0.25) is 0 Å². The van der Waals surface area contributed by atoms with Gasteiger partial charge in [-0.2, -0.15) is 0 Å². The number of carbonyl (C=O) groups excluding carboxylic acids is 1. The summed E-state index contributed by atoms with van der Waals surface area (Å²) in [7, 11) is 1.93. The number of amides is 1. The van der Waals surface area contributed by atoms with Crippen LogP contribution in [-0.4, -0.2) is 24.0 Å². The number of fused-ring (bicyclic) bond motifs is 1. The number of rotatable bonds is 5. The van der Waals surface area contributed by atoms with Gasteiger partial charge in [0.25, 0.3) is 5.91 Å². The summed E-state index contributed by atoms with van der Waals surface area (Å²) in [5.41, 5.74) is 2.96. The molecule has 0 saturated heterocycles. The largest absolute Gasteiger partial charge is 0.388 e. The van der Waals surface area contributed by atoms with Crippen LogP contribution in [0.15, 0.2) is 53.9 Å². The zero-order valence-electron chi connectivity index (χ0n) is 18.5. The van der Waals surface area contributed by atoms with Crippen LogP contribution in [0, 0.1) is 11.8 Å². The summed E-state index contributed by atoms with van der Waals surface area (Å²) in [6.45, 7) is 4.54. The molecule has 1 heterocycles. The van der Waals surface area contributed by atoms with E-state index in [-0.39, 0.29) is 11.9 Å². The lowest BCUT2D eigenvalue weighted by atomic mass is 9.86.